The summed E-state index contributed by atoms with van der Waals surface area (Å²) >= 11 is 6.04. The van der Waals surface area contributed by atoms with Gasteiger partial charge in [-0.25, -0.2) is 0 Å². The second kappa shape index (κ2) is 3.88. The van der Waals surface area contributed by atoms with Crippen LogP contribution in [0.25, 0.3) is 0 Å². The van der Waals surface area contributed by atoms with Crippen LogP contribution in [-0.4, -0.2) is 6.04 Å². The van der Waals surface area contributed by atoms with Gasteiger partial charge in [-0.2, -0.15) is 0 Å². The smallest absolute Gasteiger partial charge is 0.0638 e. The monoisotopic (exact) mass is 262 g/mol. The third-order valence-corrected chi connectivity index (χ3v) is 5.67. The van der Waals surface area contributed by atoms with Gasteiger partial charge in [0.1, 0.15) is 0 Å². The lowest BCUT2D eigenvalue weighted by Gasteiger charge is -2.11. The number of fused-ring (bicyclic) bond motifs is 5. The van der Waals surface area contributed by atoms with Crippen molar-refractivity contribution in [2.24, 2.45) is 23.7 Å². The Kier molecular flexibility index (Phi) is 2.40. The summed E-state index contributed by atoms with van der Waals surface area (Å²) < 4.78 is 0. The Bertz CT molecular complexity index is 471. The molecule has 2 bridgehead atoms. The highest BCUT2D eigenvalue weighted by molar-refractivity contribution is 6.33. The number of nitrogen functional groups attached to an aromatic ring is 1. The zero-order chi connectivity index (χ0) is 12.3. The van der Waals surface area contributed by atoms with Gasteiger partial charge in [0.25, 0.3) is 0 Å². The van der Waals surface area contributed by atoms with E-state index >= 15 is 0 Å². The average molecular weight is 263 g/mol. The van der Waals surface area contributed by atoms with Crippen molar-refractivity contribution < 1.29 is 0 Å². The van der Waals surface area contributed by atoms with Gasteiger partial charge in [-0.3, -0.25) is 0 Å². The molecule has 0 aliphatic heterocycles. The fraction of sp³-hybridized carbons (Fsp3) is 0.600. The Morgan fingerprint density at radius 2 is 1.94 bits per heavy atom. The van der Waals surface area contributed by atoms with E-state index in [-0.39, 0.29) is 0 Å². The first kappa shape index (κ1) is 11.1. The highest BCUT2D eigenvalue weighted by atomic mass is 35.5. The average Bonchev–Trinajstić information content (AvgIpc) is 2.76. The molecule has 3 fully saturated rings. The molecular formula is C15H19ClN2. The number of benzene rings is 1. The lowest BCUT2D eigenvalue weighted by atomic mass is 10.0. The molecule has 4 atom stereocenters. The Hall–Kier alpha value is -0.730. The molecule has 0 spiro atoms. The quantitative estimate of drug-likeness (QED) is 0.822. The summed E-state index contributed by atoms with van der Waals surface area (Å²) in [6.07, 6.45) is 4.48. The normalized spacial score (nSPS) is 39.9. The van der Waals surface area contributed by atoms with E-state index in [1.54, 1.807) is 0 Å². The Morgan fingerprint density at radius 1 is 1.22 bits per heavy atom. The van der Waals surface area contributed by atoms with E-state index in [1.807, 2.05) is 12.1 Å². The molecule has 18 heavy (non-hydrogen) atoms. The van der Waals surface area contributed by atoms with Crippen molar-refractivity contribution in [3.05, 3.63) is 28.8 Å². The molecule has 4 rings (SSSR count). The van der Waals surface area contributed by atoms with E-state index in [0.29, 0.717) is 10.7 Å². The van der Waals surface area contributed by atoms with Crippen molar-refractivity contribution in [2.75, 3.05) is 5.73 Å². The third kappa shape index (κ3) is 1.59. The lowest BCUT2D eigenvalue weighted by molar-refractivity contribution is 0.456. The second-order valence-electron chi connectivity index (χ2n) is 6.25. The number of hydrogen-bond acceptors (Lipinski definition) is 2. The van der Waals surface area contributed by atoms with Gasteiger partial charge in [0.15, 0.2) is 0 Å². The summed E-state index contributed by atoms with van der Waals surface area (Å²) in [5.74, 6) is 4.06. The van der Waals surface area contributed by atoms with E-state index in [1.165, 1.54) is 24.8 Å². The summed E-state index contributed by atoms with van der Waals surface area (Å²) in [5.41, 5.74) is 7.63. The summed E-state index contributed by atoms with van der Waals surface area (Å²) in [4.78, 5) is 0. The summed E-state index contributed by atoms with van der Waals surface area (Å²) in [6.45, 7) is 0.928. The topological polar surface area (TPSA) is 38.0 Å². The minimum absolute atomic E-state index is 0.668. The molecule has 3 saturated carbocycles. The second-order valence-corrected chi connectivity index (χ2v) is 6.66. The fourth-order valence-corrected chi connectivity index (χ4v) is 4.72. The highest BCUT2D eigenvalue weighted by Gasteiger charge is 2.64. The van der Waals surface area contributed by atoms with E-state index in [2.05, 4.69) is 11.4 Å². The molecule has 3 aliphatic carbocycles. The van der Waals surface area contributed by atoms with E-state index < -0.39 is 0 Å². The van der Waals surface area contributed by atoms with Gasteiger partial charge in [-0.1, -0.05) is 17.7 Å². The molecule has 0 saturated heterocycles. The van der Waals surface area contributed by atoms with Crippen molar-refractivity contribution in [1.29, 1.82) is 0 Å². The van der Waals surface area contributed by atoms with Crippen molar-refractivity contribution >= 4 is 17.3 Å². The molecule has 3 N–H and O–H groups in total. The molecule has 0 amide bonds. The fourth-order valence-electron chi connectivity index (χ4n) is 4.51. The maximum atomic E-state index is 6.04. The van der Waals surface area contributed by atoms with Crippen LogP contribution in [0.15, 0.2) is 18.2 Å². The van der Waals surface area contributed by atoms with Crippen molar-refractivity contribution in [2.45, 2.75) is 31.8 Å². The first-order valence-electron chi connectivity index (χ1n) is 7.01. The van der Waals surface area contributed by atoms with Gasteiger partial charge in [-0.05, 0) is 60.6 Å². The Labute approximate surface area is 113 Å². The van der Waals surface area contributed by atoms with Gasteiger partial charge in [0, 0.05) is 12.6 Å². The van der Waals surface area contributed by atoms with E-state index in [9.17, 15) is 0 Å². The number of anilines is 1. The molecule has 0 radical (unpaired) electrons. The van der Waals surface area contributed by atoms with Crippen LogP contribution in [0.4, 0.5) is 5.69 Å². The Balaban J connectivity index is 1.39. The van der Waals surface area contributed by atoms with Crippen LogP contribution in [0.1, 0.15) is 24.8 Å². The molecular weight excluding hydrogens is 244 g/mol. The minimum atomic E-state index is 0.668. The first-order chi connectivity index (χ1) is 8.74. The number of hydrogen-bond donors (Lipinski definition) is 2. The van der Waals surface area contributed by atoms with Crippen molar-refractivity contribution in [3.8, 4) is 0 Å². The molecule has 2 nitrogen and oxygen atoms in total. The zero-order valence-corrected chi connectivity index (χ0v) is 11.2. The first-order valence-corrected chi connectivity index (χ1v) is 7.39. The summed E-state index contributed by atoms with van der Waals surface area (Å²) in [6, 6.07) is 6.74. The zero-order valence-electron chi connectivity index (χ0n) is 10.4. The Morgan fingerprint density at radius 3 is 2.61 bits per heavy atom. The SMILES string of the molecule is Nc1ccc(CNC2C3C4CCC(C4)C23)cc1Cl. The van der Waals surface area contributed by atoms with Crippen LogP contribution in [0, 0.1) is 23.7 Å². The van der Waals surface area contributed by atoms with Crippen LogP contribution in [-0.2, 0) is 6.54 Å². The molecule has 1 aromatic rings. The predicted molar refractivity (Wildman–Crippen MR) is 74.3 cm³/mol. The molecule has 3 heteroatoms. The minimum Gasteiger partial charge on any atom is -0.398 e. The van der Waals surface area contributed by atoms with Gasteiger partial charge >= 0.3 is 0 Å². The van der Waals surface area contributed by atoms with Crippen LogP contribution in [0.5, 0.6) is 0 Å². The van der Waals surface area contributed by atoms with Gasteiger partial charge in [-0.15, -0.1) is 0 Å². The largest absolute Gasteiger partial charge is 0.398 e. The standard InChI is InChI=1S/C15H19ClN2/c16-11-5-8(1-4-12(11)17)7-18-15-13-9-2-3-10(6-9)14(13)15/h1,4-5,9-10,13-15,18H,2-3,6-7,17H2. The van der Waals surface area contributed by atoms with Crippen molar-refractivity contribution in [1.82, 2.24) is 5.32 Å². The van der Waals surface area contributed by atoms with E-state index in [0.717, 1.165) is 36.3 Å². The van der Waals surface area contributed by atoms with Crippen molar-refractivity contribution in [3.63, 3.8) is 0 Å². The van der Waals surface area contributed by atoms with Gasteiger partial charge in [0.05, 0.1) is 10.7 Å². The summed E-state index contributed by atoms with van der Waals surface area (Å²) in [5, 5.41) is 4.39. The molecule has 1 aromatic carbocycles. The number of halogens is 1. The van der Waals surface area contributed by atoms with E-state index in [4.69, 9.17) is 17.3 Å². The van der Waals surface area contributed by atoms with Crippen LogP contribution in [0.3, 0.4) is 0 Å². The molecule has 0 heterocycles. The third-order valence-electron chi connectivity index (χ3n) is 5.34. The number of nitrogens with two attached hydrogens (primary N) is 1. The number of nitrogens with one attached hydrogen (secondary N) is 1. The van der Waals surface area contributed by atoms with Gasteiger partial charge < -0.3 is 11.1 Å². The molecule has 0 aromatic heterocycles. The molecule has 96 valence electrons. The van der Waals surface area contributed by atoms with Crippen LogP contribution < -0.4 is 11.1 Å². The van der Waals surface area contributed by atoms with Crippen LogP contribution in [0.2, 0.25) is 5.02 Å². The predicted octanol–water partition coefficient (Wildman–Crippen LogP) is 3.06. The maximum Gasteiger partial charge on any atom is 0.0638 e. The van der Waals surface area contributed by atoms with Crippen LogP contribution >= 0.6 is 11.6 Å². The molecule has 3 aliphatic rings. The van der Waals surface area contributed by atoms with Gasteiger partial charge in [0.2, 0.25) is 0 Å². The highest BCUT2D eigenvalue weighted by Crippen LogP contribution is 2.65. The molecule has 4 unspecified atom stereocenters. The lowest BCUT2D eigenvalue weighted by Crippen LogP contribution is -2.22. The summed E-state index contributed by atoms with van der Waals surface area (Å²) in [7, 11) is 0. The maximum absolute atomic E-state index is 6.04. The number of rotatable bonds is 3.